The van der Waals surface area contributed by atoms with Crippen molar-refractivity contribution in [2.24, 2.45) is 17.8 Å². The van der Waals surface area contributed by atoms with Gasteiger partial charge in [0.05, 0.1) is 6.10 Å². The maximum absolute atomic E-state index is 10.3. The summed E-state index contributed by atoms with van der Waals surface area (Å²) in [6, 6.07) is 0. The van der Waals surface area contributed by atoms with Gasteiger partial charge in [-0.3, -0.25) is 0 Å². The molecule has 1 aliphatic carbocycles. The molecule has 0 spiro atoms. The molecule has 1 atom stereocenters. The van der Waals surface area contributed by atoms with Gasteiger partial charge < -0.3 is 9.84 Å². The molecule has 2 fully saturated rings. The molecule has 2 nitrogen and oxygen atoms in total. The fourth-order valence-electron chi connectivity index (χ4n) is 3.07. The summed E-state index contributed by atoms with van der Waals surface area (Å²) in [6.45, 7) is 4.03. The summed E-state index contributed by atoms with van der Waals surface area (Å²) in [5, 5.41) is 10.3. The Morgan fingerprint density at radius 3 is 2.07 bits per heavy atom. The minimum absolute atomic E-state index is 0.0543. The number of aliphatic hydroxyl groups excluding tert-OH is 1. The van der Waals surface area contributed by atoms with Gasteiger partial charge in [-0.15, -0.1) is 0 Å². The van der Waals surface area contributed by atoms with E-state index in [4.69, 9.17) is 4.74 Å². The Balaban J connectivity index is 1.81. The van der Waals surface area contributed by atoms with E-state index in [9.17, 15) is 5.11 Å². The predicted molar refractivity (Wildman–Crippen MR) is 60.7 cm³/mol. The molecule has 88 valence electrons. The average molecular weight is 212 g/mol. The van der Waals surface area contributed by atoms with Gasteiger partial charge >= 0.3 is 0 Å². The Hall–Kier alpha value is -0.0800. The van der Waals surface area contributed by atoms with Gasteiger partial charge in [0.2, 0.25) is 0 Å². The fraction of sp³-hybridized carbons (Fsp3) is 1.00. The zero-order valence-corrected chi connectivity index (χ0v) is 9.82. The average Bonchev–Trinajstić information content (AvgIpc) is 2.30. The molecule has 1 N–H and O–H groups in total. The number of ether oxygens (including phenoxy) is 1. The maximum atomic E-state index is 10.3. The largest absolute Gasteiger partial charge is 0.393 e. The van der Waals surface area contributed by atoms with Gasteiger partial charge in [-0.2, -0.15) is 0 Å². The Morgan fingerprint density at radius 1 is 0.933 bits per heavy atom. The van der Waals surface area contributed by atoms with E-state index < -0.39 is 0 Å². The van der Waals surface area contributed by atoms with Gasteiger partial charge in [-0.25, -0.2) is 0 Å². The summed E-state index contributed by atoms with van der Waals surface area (Å²) in [5.74, 6) is 1.96. The number of hydrogen-bond donors (Lipinski definition) is 1. The third kappa shape index (κ3) is 2.94. The van der Waals surface area contributed by atoms with Gasteiger partial charge in [-0.05, 0) is 43.4 Å². The van der Waals surface area contributed by atoms with Crippen LogP contribution in [0.4, 0.5) is 0 Å². The molecule has 0 amide bonds. The van der Waals surface area contributed by atoms with Crippen LogP contribution in [0.2, 0.25) is 0 Å². The van der Waals surface area contributed by atoms with Crippen LogP contribution in [-0.2, 0) is 4.74 Å². The number of rotatable bonds is 2. The van der Waals surface area contributed by atoms with E-state index in [-0.39, 0.29) is 6.10 Å². The Morgan fingerprint density at radius 2 is 1.47 bits per heavy atom. The fourth-order valence-corrected chi connectivity index (χ4v) is 3.07. The van der Waals surface area contributed by atoms with Crippen LogP contribution in [0.5, 0.6) is 0 Å². The van der Waals surface area contributed by atoms with Crippen LogP contribution >= 0.6 is 0 Å². The topological polar surface area (TPSA) is 29.5 Å². The standard InChI is InChI=1S/C13H24O2/c1-10-2-4-11(5-3-10)13(14)12-6-8-15-9-7-12/h10-14H,2-9H2,1H3. The van der Waals surface area contributed by atoms with Gasteiger partial charge in [-0.1, -0.05) is 19.8 Å². The van der Waals surface area contributed by atoms with Crippen LogP contribution in [-0.4, -0.2) is 24.4 Å². The first kappa shape index (κ1) is 11.4. The summed E-state index contributed by atoms with van der Waals surface area (Å²) in [4.78, 5) is 0. The lowest BCUT2D eigenvalue weighted by Gasteiger charge is -2.35. The molecule has 0 bridgehead atoms. The normalized spacial score (nSPS) is 36.4. The third-order valence-corrected chi connectivity index (χ3v) is 4.29. The van der Waals surface area contributed by atoms with Crippen molar-refractivity contribution in [3.05, 3.63) is 0 Å². The van der Waals surface area contributed by atoms with Gasteiger partial charge in [0.1, 0.15) is 0 Å². The lowest BCUT2D eigenvalue weighted by atomic mass is 9.75. The van der Waals surface area contributed by atoms with Gasteiger partial charge in [0.15, 0.2) is 0 Å². The summed E-state index contributed by atoms with van der Waals surface area (Å²) >= 11 is 0. The molecule has 1 aliphatic heterocycles. The summed E-state index contributed by atoms with van der Waals surface area (Å²) in [6.07, 6.45) is 7.16. The Bertz CT molecular complexity index is 179. The van der Waals surface area contributed by atoms with Crippen molar-refractivity contribution in [1.29, 1.82) is 0 Å². The monoisotopic (exact) mass is 212 g/mol. The first-order valence-corrected chi connectivity index (χ1v) is 6.53. The zero-order valence-electron chi connectivity index (χ0n) is 9.82. The van der Waals surface area contributed by atoms with E-state index >= 15 is 0 Å². The van der Waals surface area contributed by atoms with Crippen LogP contribution in [0.25, 0.3) is 0 Å². The van der Waals surface area contributed by atoms with E-state index in [1.54, 1.807) is 0 Å². The van der Waals surface area contributed by atoms with E-state index in [2.05, 4.69) is 6.92 Å². The van der Waals surface area contributed by atoms with Crippen LogP contribution in [0.15, 0.2) is 0 Å². The van der Waals surface area contributed by atoms with Crippen molar-refractivity contribution in [2.45, 2.75) is 51.6 Å². The second-order valence-electron chi connectivity index (χ2n) is 5.46. The minimum atomic E-state index is -0.0543. The molecule has 1 saturated heterocycles. The Labute approximate surface area is 93.0 Å². The van der Waals surface area contributed by atoms with Crippen molar-refractivity contribution >= 4 is 0 Å². The molecule has 1 heterocycles. The summed E-state index contributed by atoms with van der Waals surface area (Å²) in [7, 11) is 0. The third-order valence-electron chi connectivity index (χ3n) is 4.29. The highest BCUT2D eigenvalue weighted by molar-refractivity contribution is 4.81. The highest BCUT2D eigenvalue weighted by atomic mass is 16.5. The molecule has 15 heavy (non-hydrogen) atoms. The van der Waals surface area contributed by atoms with Gasteiger partial charge in [0, 0.05) is 13.2 Å². The van der Waals surface area contributed by atoms with Gasteiger partial charge in [0.25, 0.3) is 0 Å². The second kappa shape index (κ2) is 5.31. The molecule has 1 unspecified atom stereocenters. The lowest BCUT2D eigenvalue weighted by Crippen LogP contribution is -2.35. The molecule has 0 aromatic rings. The molecule has 0 radical (unpaired) electrons. The van der Waals surface area contributed by atoms with Crippen molar-refractivity contribution in [1.82, 2.24) is 0 Å². The maximum Gasteiger partial charge on any atom is 0.0598 e. The van der Waals surface area contributed by atoms with Crippen molar-refractivity contribution < 1.29 is 9.84 Å². The smallest absolute Gasteiger partial charge is 0.0598 e. The molecular weight excluding hydrogens is 188 g/mol. The molecule has 2 aliphatic rings. The molecular formula is C13H24O2. The molecule has 1 saturated carbocycles. The minimum Gasteiger partial charge on any atom is -0.393 e. The molecule has 2 heteroatoms. The molecule has 0 aromatic heterocycles. The second-order valence-corrected chi connectivity index (χ2v) is 5.46. The zero-order chi connectivity index (χ0) is 10.7. The van der Waals surface area contributed by atoms with Crippen LogP contribution in [0, 0.1) is 17.8 Å². The van der Waals surface area contributed by atoms with Crippen molar-refractivity contribution in [3.63, 3.8) is 0 Å². The molecule has 2 rings (SSSR count). The Kier molecular flexibility index (Phi) is 4.04. The number of hydrogen-bond acceptors (Lipinski definition) is 2. The summed E-state index contributed by atoms with van der Waals surface area (Å²) in [5.41, 5.74) is 0. The molecule has 0 aromatic carbocycles. The first-order valence-electron chi connectivity index (χ1n) is 6.53. The van der Waals surface area contributed by atoms with Crippen molar-refractivity contribution in [3.8, 4) is 0 Å². The highest BCUT2D eigenvalue weighted by Gasteiger charge is 2.31. The van der Waals surface area contributed by atoms with E-state index in [0.717, 1.165) is 32.0 Å². The van der Waals surface area contributed by atoms with Crippen LogP contribution in [0.1, 0.15) is 45.4 Å². The number of aliphatic hydroxyl groups is 1. The SMILES string of the molecule is CC1CCC(C(O)C2CCOCC2)CC1. The van der Waals surface area contributed by atoms with E-state index in [0.29, 0.717) is 11.8 Å². The summed E-state index contributed by atoms with van der Waals surface area (Å²) < 4.78 is 5.34. The highest BCUT2D eigenvalue weighted by Crippen LogP contribution is 2.35. The van der Waals surface area contributed by atoms with Crippen molar-refractivity contribution in [2.75, 3.05) is 13.2 Å². The van der Waals surface area contributed by atoms with E-state index in [1.165, 1.54) is 25.7 Å². The quantitative estimate of drug-likeness (QED) is 0.762. The lowest BCUT2D eigenvalue weighted by molar-refractivity contribution is -0.0276. The van der Waals surface area contributed by atoms with Crippen LogP contribution < -0.4 is 0 Å². The predicted octanol–water partition coefficient (Wildman–Crippen LogP) is 2.60. The van der Waals surface area contributed by atoms with E-state index in [1.807, 2.05) is 0 Å². The van der Waals surface area contributed by atoms with Crippen LogP contribution in [0.3, 0.4) is 0 Å². The first-order chi connectivity index (χ1) is 7.27.